The molecular formula is C20H26N4O2. The molecule has 2 heterocycles. The van der Waals surface area contributed by atoms with Gasteiger partial charge in [0.2, 0.25) is 5.91 Å². The van der Waals surface area contributed by atoms with Crippen LogP contribution < -0.4 is 0 Å². The molecule has 26 heavy (non-hydrogen) atoms. The van der Waals surface area contributed by atoms with Crippen molar-refractivity contribution in [2.75, 3.05) is 7.05 Å². The van der Waals surface area contributed by atoms with Gasteiger partial charge in [0.25, 0.3) is 0 Å². The number of likely N-dealkylation sites (N-methyl/N-ethyl adjacent to an activating group) is 1. The predicted molar refractivity (Wildman–Crippen MR) is 101 cm³/mol. The van der Waals surface area contributed by atoms with Gasteiger partial charge >= 0.3 is 0 Å². The van der Waals surface area contributed by atoms with Gasteiger partial charge in [-0.15, -0.1) is 0 Å². The van der Waals surface area contributed by atoms with Crippen LogP contribution in [0.4, 0.5) is 0 Å². The van der Waals surface area contributed by atoms with Gasteiger partial charge in [0.1, 0.15) is 11.9 Å². The predicted octanol–water partition coefficient (Wildman–Crippen LogP) is 3.76. The summed E-state index contributed by atoms with van der Waals surface area (Å²) in [4.78, 5) is 19.6. The Labute approximate surface area is 153 Å². The van der Waals surface area contributed by atoms with Crippen molar-refractivity contribution in [1.82, 2.24) is 19.6 Å². The van der Waals surface area contributed by atoms with Crippen molar-refractivity contribution in [1.29, 1.82) is 0 Å². The molecule has 1 atom stereocenters. The first-order valence-corrected chi connectivity index (χ1v) is 9.24. The van der Waals surface area contributed by atoms with Crippen LogP contribution >= 0.6 is 0 Å². The van der Waals surface area contributed by atoms with Gasteiger partial charge in [-0.1, -0.05) is 38.1 Å². The molecule has 0 bridgehead atoms. The van der Waals surface area contributed by atoms with E-state index in [4.69, 9.17) is 9.51 Å². The second kappa shape index (κ2) is 7.72. The SMILES string of the molecule is CCc1cc(CN(C)C(=O)[C@H](CC)n2c(CC)nc3ccccc32)on1. The first-order valence-electron chi connectivity index (χ1n) is 9.24. The average molecular weight is 354 g/mol. The zero-order chi connectivity index (χ0) is 18.7. The van der Waals surface area contributed by atoms with Crippen molar-refractivity contribution >= 4 is 16.9 Å². The van der Waals surface area contributed by atoms with E-state index in [-0.39, 0.29) is 11.9 Å². The molecule has 0 aliphatic rings. The van der Waals surface area contributed by atoms with Gasteiger partial charge in [0.05, 0.1) is 23.3 Å². The number of carbonyl (C=O) groups is 1. The number of imidazole rings is 1. The first-order chi connectivity index (χ1) is 12.6. The van der Waals surface area contributed by atoms with Crippen molar-refractivity contribution in [2.24, 2.45) is 0 Å². The second-order valence-corrected chi connectivity index (χ2v) is 6.50. The number of para-hydroxylation sites is 2. The van der Waals surface area contributed by atoms with Crippen LogP contribution in [0.5, 0.6) is 0 Å². The zero-order valence-corrected chi connectivity index (χ0v) is 15.9. The lowest BCUT2D eigenvalue weighted by atomic mass is 10.1. The van der Waals surface area contributed by atoms with E-state index in [1.54, 1.807) is 4.90 Å². The molecule has 3 rings (SSSR count). The van der Waals surface area contributed by atoms with Crippen LogP contribution in [0.2, 0.25) is 0 Å². The minimum atomic E-state index is -0.282. The smallest absolute Gasteiger partial charge is 0.245 e. The maximum atomic E-state index is 13.2. The Hall–Kier alpha value is -2.63. The van der Waals surface area contributed by atoms with Crippen molar-refractivity contribution in [3.05, 3.63) is 47.6 Å². The van der Waals surface area contributed by atoms with Crippen molar-refractivity contribution in [3.8, 4) is 0 Å². The maximum Gasteiger partial charge on any atom is 0.245 e. The number of benzene rings is 1. The lowest BCUT2D eigenvalue weighted by Gasteiger charge is -2.25. The Morgan fingerprint density at radius 1 is 1.23 bits per heavy atom. The van der Waals surface area contributed by atoms with Crippen LogP contribution in [0.3, 0.4) is 0 Å². The molecule has 1 aromatic carbocycles. The van der Waals surface area contributed by atoms with Gasteiger partial charge in [-0.05, 0) is 25.0 Å². The molecular weight excluding hydrogens is 328 g/mol. The summed E-state index contributed by atoms with van der Waals surface area (Å²) in [6, 6.07) is 9.62. The van der Waals surface area contributed by atoms with Gasteiger partial charge in [-0.3, -0.25) is 4.79 Å². The fourth-order valence-corrected chi connectivity index (χ4v) is 3.32. The van der Waals surface area contributed by atoms with Crippen LogP contribution in [0.15, 0.2) is 34.9 Å². The van der Waals surface area contributed by atoms with Crippen LogP contribution in [-0.4, -0.2) is 32.6 Å². The molecule has 6 heteroatoms. The van der Waals surface area contributed by atoms with E-state index in [9.17, 15) is 4.79 Å². The fourth-order valence-electron chi connectivity index (χ4n) is 3.32. The van der Waals surface area contributed by atoms with Gasteiger partial charge < -0.3 is 14.0 Å². The number of carbonyl (C=O) groups excluding carboxylic acids is 1. The van der Waals surface area contributed by atoms with E-state index in [2.05, 4.69) is 16.6 Å². The molecule has 0 N–H and O–H groups in total. The summed E-state index contributed by atoms with van der Waals surface area (Å²) in [6.45, 7) is 6.55. The largest absolute Gasteiger partial charge is 0.359 e. The number of aromatic nitrogens is 3. The Balaban J connectivity index is 1.89. The van der Waals surface area contributed by atoms with E-state index in [1.807, 2.05) is 51.2 Å². The Morgan fingerprint density at radius 3 is 2.65 bits per heavy atom. The molecule has 0 fully saturated rings. The van der Waals surface area contributed by atoms with E-state index >= 15 is 0 Å². The highest BCUT2D eigenvalue weighted by molar-refractivity contribution is 5.84. The van der Waals surface area contributed by atoms with Crippen molar-refractivity contribution in [3.63, 3.8) is 0 Å². The molecule has 0 unspecified atom stereocenters. The molecule has 1 amide bonds. The van der Waals surface area contributed by atoms with E-state index in [1.165, 1.54) is 0 Å². The topological polar surface area (TPSA) is 64.2 Å². The van der Waals surface area contributed by atoms with Gasteiger partial charge in [-0.2, -0.15) is 0 Å². The molecule has 2 aromatic heterocycles. The molecule has 0 spiro atoms. The van der Waals surface area contributed by atoms with E-state index in [0.717, 1.165) is 35.4 Å². The molecule has 0 saturated heterocycles. The van der Waals surface area contributed by atoms with Gasteiger partial charge in [-0.25, -0.2) is 4.98 Å². The number of hydrogen-bond acceptors (Lipinski definition) is 4. The minimum Gasteiger partial charge on any atom is -0.359 e. The third-order valence-electron chi connectivity index (χ3n) is 4.71. The number of fused-ring (bicyclic) bond motifs is 1. The van der Waals surface area contributed by atoms with Crippen molar-refractivity contribution < 1.29 is 9.32 Å². The number of hydrogen-bond donors (Lipinski definition) is 0. The minimum absolute atomic E-state index is 0.0554. The number of amides is 1. The third kappa shape index (κ3) is 3.36. The summed E-state index contributed by atoms with van der Waals surface area (Å²) in [6.07, 6.45) is 2.30. The lowest BCUT2D eigenvalue weighted by molar-refractivity contribution is -0.134. The van der Waals surface area contributed by atoms with Crippen LogP contribution in [0, 0.1) is 0 Å². The Morgan fingerprint density at radius 2 is 2.00 bits per heavy atom. The molecule has 0 radical (unpaired) electrons. The molecule has 6 nitrogen and oxygen atoms in total. The molecule has 0 aliphatic heterocycles. The number of rotatable bonds is 7. The highest BCUT2D eigenvalue weighted by Crippen LogP contribution is 2.25. The molecule has 0 saturated carbocycles. The zero-order valence-electron chi connectivity index (χ0n) is 15.9. The second-order valence-electron chi connectivity index (χ2n) is 6.50. The number of nitrogens with zero attached hydrogens (tertiary/aromatic N) is 4. The maximum absolute atomic E-state index is 13.2. The fraction of sp³-hybridized carbons (Fsp3) is 0.450. The summed E-state index contributed by atoms with van der Waals surface area (Å²) in [7, 11) is 1.81. The number of aryl methyl sites for hydroxylation is 2. The highest BCUT2D eigenvalue weighted by atomic mass is 16.5. The molecule has 138 valence electrons. The quantitative estimate of drug-likeness (QED) is 0.648. The summed E-state index contributed by atoms with van der Waals surface area (Å²) < 4.78 is 7.42. The van der Waals surface area contributed by atoms with Crippen LogP contribution in [0.1, 0.15) is 50.5 Å². The van der Waals surface area contributed by atoms with E-state index < -0.39 is 0 Å². The monoisotopic (exact) mass is 354 g/mol. The summed E-state index contributed by atoms with van der Waals surface area (Å²) in [5.74, 6) is 1.70. The van der Waals surface area contributed by atoms with Gasteiger partial charge in [0, 0.05) is 19.5 Å². The van der Waals surface area contributed by atoms with Crippen LogP contribution in [0.25, 0.3) is 11.0 Å². The molecule has 0 aliphatic carbocycles. The lowest BCUT2D eigenvalue weighted by Crippen LogP contribution is -2.34. The van der Waals surface area contributed by atoms with E-state index in [0.29, 0.717) is 18.7 Å². The summed E-state index contributed by atoms with van der Waals surface area (Å²) in [5, 5.41) is 4.00. The average Bonchev–Trinajstić information content (AvgIpc) is 3.26. The van der Waals surface area contributed by atoms with Crippen LogP contribution in [-0.2, 0) is 24.2 Å². The Kier molecular flexibility index (Phi) is 5.40. The summed E-state index contributed by atoms with van der Waals surface area (Å²) in [5.41, 5.74) is 2.84. The third-order valence-corrected chi connectivity index (χ3v) is 4.71. The van der Waals surface area contributed by atoms with Crippen molar-refractivity contribution in [2.45, 2.75) is 52.6 Å². The summed E-state index contributed by atoms with van der Waals surface area (Å²) >= 11 is 0. The molecule has 3 aromatic rings. The first kappa shape index (κ1) is 18.2. The normalized spacial score (nSPS) is 12.5. The standard InChI is InChI=1S/C20H26N4O2/c1-5-14-12-15(26-22-14)13-23(4)20(25)17(6-2)24-18-11-9-8-10-16(18)21-19(24)7-3/h8-12,17H,5-7,13H2,1-4H3/t17-/m0/s1. The van der Waals surface area contributed by atoms with Gasteiger partial charge in [0.15, 0.2) is 5.76 Å². The Bertz CT molecular complexity index is 896. The highest BCUT2D eigenvalue weighted by Gasteiger charge is 2.26.